The lowest BCUT2D eigenvalue weighted by Crippen LogP contribution is -2.33. The van der Waals surface area contributed by atoms with Crippen LogP contribution in [-0.2, 0) is 9.59 Å². The molecule has 3 N–H and O–H groups in total. The van der Waals surface area contributed by atoms with Crippen molar-refractivity contribution in [1.29, 1.82) is 0 Å². The minimum absolute atomic E-state index is 0.0544. The number of amides is 1. The average Bonchev–Trinajstić information content (AvgIpc) is 2.40. The van der Waals surface area contributed by atoms with Crippen LogP contribution in [0.1, 0.15) is 12.0 Å². The third-order valence-electron chi connectivity index (χ3n) is 2.52. The molecule has 1 atom stereocenters. The van der Waals surface area contributed by atoms with E-state index in [1.807, 2.05) is 6.92 Å². The first kappa shape index (κ1) is 16.3. The summed E-state index contributed by atoms with van der Waals surface area (Å²) in [5.74, 6) is -1.19. The maximum absolute atomic E-state index is 11.4. The van der Waals surface area contributed by atoms with Gasteiger partial charge in [0, 0.05) is 18.0 Å². The highest BCUT2D eigenvalue weighted by Gasteiger charge is 2.13. The van der Waals surface area contributed by atoms with Gasteiger partial charge in [0.15, 0.2) is 12.7 Å². The second kappa shape index (κ2) is 7.72. The van der Waals surface area contributed by atoms with E-state index in [9.17, 15) is 9.59 Å². The topological polar surface area (TPSA) is 95.9 Å². The largest absolute Gasteiger partial charge is 0.484 e. The molecule has 1 rings (SSSR count). The van der Waals surface area contributed by atoms with Gasteiger partial charge in [0.25, 0.3) is 5.91 Å². The summed E-state index contributed by atoms with van der Waals surface area (Å²) < 4.78 is 5.26. The summed E-state index contributed by atoms with van der Waals surface area (Å²) in [6.07, 6.45) is -1.53. The number of hydrogen-bond acceptors (Lipinski definition) is 4. The fraction of sp³-hybridized carbons (Fsp3) is 0.385. The van der Waals surface area contributed by atoms with Gasteiger partial charge in [0.1, 0.15) is 5.75 Å². The third-order valence-corrected chi connectivity index (χ3v) is 2.95. The summed E-state index contributed by atoms with van der Waals surface area (Å²) in [6.45, 7) is 1.70. The first-order valence-corrected chi connectivity index (χ1v) is 6.34. The molecule has 20 heavy (non-hydrogen) atoms. The number of hydrogen-bond donors (Lipinski definition) is 3. The molecule has 0 aliphatic carbocycles. The highest BCUT2D eigenvalue weighted by molar-refractivity contribution is 6.31. The zero-order chi connectivity index (χ0) is 15.1. The standard InChI is InChI=1S/C13H16ClNO5/c1-8-6-9(2-3-10(8)14)20-7-12(17)15-5-4-11(16)13(18)19/h2-3,6,11,16H,4-5,7H2,1H3,(H,15,17)(H,18,19). The van der Waals surface area contributed by atoms with Gasteiger partial charge in [0.2, 0.25) is 0 Å². The van der Waals surface area contributed by atoms with Gasteiger partial charge in [0.05, 0.1) is 0 Å². The highest BCUT2D eigenvalue weighted by atomic mass is 35.5. The minimum atomic E-state index is -1.48. The normalized spacial score (nSPS) is 11.8. The number of carboxylic acids is 1. The van der Waals surface area contributed by atoms with Crippen molar-refractivity contribution < 1.29 is 24.5 Å². The van der Waals surface area contributed by atoms with E-state index in [0.717, 1.165) is 5.56 Å². The Kier molecular flexibility index (Phi) is 6.27. The second-order valence-electron chi connectivity index (χ2n) is 4.19. The predicted octanol–water partition coefficient (Wildman–Crippen LogP) is 0.979. The number of benzene rings is 1. The molecule has 1 aromatic carbocycles. The number of aryl methyl sites for hydroxylation is 1. The Morgan fingerprint density at radius 2 is 2.15 bits per heavy atom. The SMILES string of the molecule is Cc1cc(OCC(=O)NCCC(O)C(=O)O)ccc1Cl. The molecule has 0 aromatic heterocycles. The third kappa shape index (κ3) is 5.46. The lowest BCUT2D eigenvalue weighted by molar-refractivity contribution is -0.147. The van der Waals surface area contributed by atoms with Gasteiger partial charge in [-0.15, -0.1) is 0 Å². The lowest BCUT2D eigenvalue weighted by atomic mass is 10.2. The number of aliphatic hydroxyl groups is 1. The fourth-order valence-corrected chi connectivity index (χ4v) is 1.50. The fourth-order valence-electron chi connectivity index (χ4n) is 1.38. The zero-order valence-electron chi connectivity index (χ0n) is 10.9. The lowest BCUT2D eigenvalue weighted by Gasteiger charge is -2.09. The maximum Gasteiger partial charge on any atom is 0.332 e. The molecule has 0 saturated carbocycles. The molecule has 0 fully saturated rings. The quantitative estimate of drug-likeness (QED) is 0.697. The van der Waals surface area contributed by atoms with Crippen LogP contribution in [0.3, 0.4) is 0 Å². The van der Waals surface area contributed by atoms with Crippen LogP contribution in [0.2, 0.25) is 5.02 Å². The van der Waals surface area contributed by atoms with Crippen LogP contribution in [0.5, 0.6) is 5.75 Å². The monoisotopic (exact) mass is 301 g/mol. The van der Waals surface area contributed by atoms with Crippen LogP contribution in [0.25, 0.3) is 0 Å². The Bertz CT molecular complexity index is 492. The van der Waals surface area contributed by atoms with Crippen molar-refractivity contribution in [2.24, 2.45) is 0 Å². The molecule has 0 bridgehead atoms. The molecule has 0 aliphatic heterocycles. The van der Waals surface area contributed by atoms with Crippen LogP contribution in [0.15, 0.2) is 18.2 Å². The number of rotatable bonds is 7. The Morgan fingerprint density at radius 1 is 1.45 bits per heavy atom. The molecule has 0 spiro atoms. The molecule has 1 amide bonds. The number of aliphatic carboxylic acids is 1. The van der Waals surface area contributed by atoms with Gasteiger partial charge in [-0.25, -0.2) is 4.79 Å². The molecular formula is C13H16ClNO5. The van der Waals surface area contributed by atoms with Crippen molar-refractivity contribution in [3.63, 3.8) is 0 Å². The van der Waals surface area contributed by atoms with Gasteiger partial charge in [-0.3, -0.25) is 4.79 Å². The van der Waals surface area contributed by atoms with Crippen molar-refractivity contribution in [1.82, 2.24) is 5.32 Å². The average molecular weight is 302 g/mol. The van der Waals surface area contributed by atoms with Crippen LogP contribution < -0.4 is 10.1 Å². The Hall–Kier alpha value is -1.79. The molecule has 0 radical (unpaired) electrons. The minimum Gasteiger partial charge on any atom is -0.484 e. The zero-order valence-corrected chi connectivity index (χ0v) is 11.7. The number of carboxylic acid groups (broad SMARTS) is 1. The smallest absolute Gasteiger partial charge is 0.332 e. The van der Waals surface area contributed by atoms with Crippen molar-refractivity contribution in [2.45, 2.75) is 19.4 Å². The molecule has 110 valence electrons. The highest BCUT2D eigenvalue weighted by Crippen LogP contribution is 2.20. The summed E-state index contributed by atoms with van der Waals surface area (Å²) >= 11 is 5.86. The van der Waals surface area contributed by atoms with E-state index in [2.05, 4.69) is 5.32 Å². The van der Waals surface area contributed by atoms with E-state index >= 15 is 0 Å². The van der Waals surface area contributed by atoms with Gasteiger partial charge in [-0.05, 0) is 30.7 Å². The molecule has 0 saturated heterocycles. The molecule has 0 aliphatic rings. The first-order valence-electron chi connectivity index (χ1n) is 5.96. The summed E-state index contributed by atoms with van der Waals surface area (Å²) in [5.41, 5.74) is 0.842. The van der Waals surface area contributed by atoms with Gasteiger partial charge in [-0.1, -0.05) is 11.6 Å². The second-order valence-corrected chi connectivity index (χ2v) is 4.60. The number of nitrogens with one attached hydrogen (secondary N) is 1. The van der Waals surface area contributed by atoms with Crippen LogP contribution >= 0.6 is 11.6 Å². The van der Waals surface area contributed by atoms with Crippen molar-refractivity contribution in [3.8, 4) is 5.75 Å². The number of halogens is 1. The molecule has 7 heteroatoms. The first-order chi connectivity index (χ1) is 9.40. The maximum atomic E-state index is 11.4. The van der Waals surface area contributed by atoms with Crippen molar-refractivity contribution in [3.05, 3.63) is 28.8 Å². The Balaban J connectivity index is 2.29. The molecule has 0 heterocycles. The molecule has 1 aromatic rings. The van der Waals surface area contributed by atoms with Crippen LogP contribution in [0.4, 0.5) is 0 Å². The Labute approximate surface area is 121 Å². The van der Waals surface area contributed by atoms with Crippen LogP contribution in [0, 0.1) is 6.92 Å². The predicted molar refractivity (Wildman–Crippen MR) is 73.0 cm³/mol. The summed E-state index contributed by atoms with van der Waals surface area (Å²) in [4.78, 5) is 21.8. The van der Waals surface area contributed by atoms with Crippen molar-refractivity contribution >= 4 is 23.5 Å². The number of aliphatic hydroxyl groups excluding tert-OH is 1. The summed E-state index contributed by atoms with van der Waals surface area (Å²) in [7, 11) is 0. The van der Waals surface area contributed by atoms with Crippen LogP contribution in [-0.4, -0.2) is 41.3 Å². The van der Waals surface area contributed by atoms with E-state index in [-0.39, 0.29) is 19.6 Å². The Morgan fingerprint density at radius 3 is 2.75 bits per heavy atom. The number of ether oxygens (including phenoxy) is 1. The van der Waals surface area contributed by atoms with Gasteiger partial charge in [-0.2, -0.15) is 0 Å². The van der Waals surface area contributed by atoms with E-state index in [1.165, 1.54) is 0 Å². The van der Waals surface area contributed by atoms with E-state index in [0.29, 0.717) is 10.8 Å². The summed E-state index contributed by atoms with van der Waals surface area (Å²) in [6, 6.07) is 5.04. The number of carbonyl (C=O) groups is 2. The van der Waals surface area contributed by atoms with E-state index in [4.69, 9.17) is 26.6 Å². The van der Waals surface area contributed by atoms with E-state index in [1.54, 1.807) is 18.2 Å². The summed E-state index contributed by atoms with van der Waals surface area (Å²) in [5, 5.41) is 20.5. The number of carbonyl (C=O) groups excluding carboxylic acids is 1. The molecule has 1 unspecified atom stereocenters. The van der Waals surface area contributed by atoms with Gasteiger partial charge >= 0.3 is 5.97 Å². The molecular weight excluding hydrogens is 286 g/mol. The van der Waals surface area contributed by atoms with Gasteiger partial charge < -0.3 is 20.3 Å². The molecule has 6 nitrogen and oxygen atoms in total. The van der Waals surface area contributed by atoms with Crippen molar-refractivity contribution in [2.75, 3.05) is 13.2 Å². The van der Waals surface area contributed by atoms with E-state index < -0.39 is 18.0 Å².